The van der Waals surface area contributed by atoms with E-state index in [0.29, 0.717) is 0 Å². The molecule has 0 aromatic heterocycles. The molecule has 0 aromatic carbocycles. The minimum absolute atomic E-state index is 1.01. The number of hydrogen-bond acceptors (Lipinski definition) is 0. The van der Waals surface area contributed by atoms with Gasteiger partial charge in [-0.15, -0.1) is 0 Å². The molecular formula is C54H108. The summed E-state index contributed by atoms with van der Waals surface area (Å²) >= 11 is 0. The number of hydrogen-bond donors (Lipinski definition) is 0. The van der Waals surface area contributed by atoms with Gasteiger partial charge in [0.1, 0.15) is 0 Å². The van der Waals surface area contributed by atoms with Gasteiger partial charge in [0.25, 0.3) is 0 Å². The molecule has 0 saturated heterocycles. The summed E-state index contributed by atoms with van der Waals surface area (Å²) in [6, 6.07) is 0. The molecule has 1 unspecified atom stereocenters. The Bertz CT molecular complexity index is 646. The van der Waals surface area contributed by atoms with Crippen LogP contribution in [0.25, 0.3) is 0 Å². The van der Waals surface area contributed by atoms with Crippen molar-refractivity contribution < 1.29 is 0 Å². The molecule has 0 aromatic rings. The minimum atomic E-state index is 1.01. The molecule has 0 nitrogen and oxygen atoms in total. The highest BCUT2D eigenvalue weighted by molar-refractivity contribution is 4.81. The highest BCUT2D eigenvalue weighted by Gasteiger charge is 2.09. The van der Waals surface area contributed by atoms with E-state index in [0.717, 1.165) is 5.92 Å². The van der Waals surface area contributed by atoms with Gasteiger partial charge in [0.15, 0.2) is 0 Å². The molecule has 0 heteroatoms. The normalized spacial score (nSPS) is 12.4. The summed E-state index contributed by atoms with van der Waals surface area (Å²) in [5.74, 6) is 1.01. The van der Waals surface area contributed by atoms with Crippen molar-refractivity contribution in [1.29, 1.82) is 0 Å². The van der Waals surface area contributed by atoms with E-state index < -0.39 is 0 Å². The molecule has 0 heterocycles. The van der Waals surface area contributed by atoms with Gasteiger partial charge in [0, 0.05) is 0 Å². The van der Waals surface area contributed by atoms with Crippen molar-refractivity contribution in [1.82, 2.24) is 0 Å². The van der Waals surface area contributed by atoms with Crippen LogP contribution < -0.4 is 0 Å². The van der Waals surface area contributed by atoms with Gasteiger partial charge < -0.3 is 0 Å². The number of rotatable bonds is 49. The zero-order chi connectivity index (χ0) is 38.9. The first-order valence-corrected chi connectivity index (χ1v) is 26.5. The van der Waals surface area contributed by atoms with Gasteiger partial charge >= 0.3 is 0 Å². The Kier molecular flexibility index (Phi) is 50.5. The lowest BCUT2D eigenvalue weighted by Crippen LogP contribution is -2.01. The third-order valence-corrected chi connectivity index (χ3v) is 12.8. The zero-order valence-corrected chi connectivity index (χ0v) is 38.7. The Balaban J connectivity index is 3.95. The Morgan fingerprint density at radius 1 is 0.204 bits per heavy atom. The Morgan fingerprint density at radius 2 is 0.370 bits per heavy atom. The summed E-state index contributed by atoms with van der Waals surface area (Å²) in [4.78, 5) is 0. The molecular weight excluding hydrogens is 649 g/mol. The van der Waals surface area contributed by atoms with E-state index in [9.17, 15) is 0 Å². The summed E-state index contributed by atoms with van der Waals surface area (Å²) in [7, 11) is 0. The lowest BCUT2D eigenvalue weighted by atomic mass is 9.89. The van der Waals surface area contributed by atoms with Crippen molar-refractivity contribution in [3.05, 3.63) is 12.2 Å². The van der Waals surface area contributed by atoms with Crippen molar-refractivity contribution in [2.75, 3.05) is 0 Å². The van der Waals surface area contributed by atoms with Crippen LogP contribution in [0.5, 0.6) is 0 Å². The molecule has 0 aliphatic rings. The Hall–Kier alpha value is -0.260. The molecule has 0 amide bonds. The van der Waals surface area contributed by atoms with Crippen LogP contribution in [0.15, 0.2) is 12.2 Å². The summed E-state index contributed by atoms with van der Waals surface area (Å²) in [6.07, 6.45) is 75.4. The maximum atomic E-state index is 2.50. The van der Waals surface area contributed by atoms with E-state index in [1.807, 2.05) is 0 Å². The molecule has 0 N–H and O–H groups in total. The highest BCUT2D eigenvalue weighted by atomic mass is 14.1. The van der Waals surface area contributed by atoms with Gasteiger partial charge in [-0.2, -0.15) is 0 Å². The van der Waals surface area contributed by atoms with E-state index in [1.165, 1.54) is 308 Å². The van der Waals surface area contributed by atoms with Gasteiger partial charge in [-0.25, -0.2) is 0 Å². The van der Waals surface area contributed by atoms with E-state index in [2.05, 4.69) is 32.9 Å². The molecule has 0 radical (unpaired) electrons. The first-order valence-electron chi connectivity index (χ1n) is 26.5. The first-order chi connectivity index (χ1) is 26.8. The second-order valence-corrected chi connectivity index (χ2v) is 18.4. The summed E-state index contributed by atoms with van der Waals surface area (Å²) in [6.45, 7) is 6.95. The number of unbranched alkanes of at least 4 members (excludes halogenated alkanes) is 41. The van der Waals surface area contributed by atoms with E-state index in [-0.39, 0.29) is 0 Å². The van der Waals surface area contributed by atoms with Crippen LogP contribution in [0, 0.1) is 5.92 Å². The second kappa shape index (κ2) is 50.8. The molecule has 0 bridgehead atoms. The van der Waals surface area contributed by atoms with Crippen molar-refractivity contribution in [2.45, 2.75) is 329 Å². The van der Waals surface area contributed by atoms with Crippen LogP contribution in [-0.2, 0) is 0 Å². The van der Waals surface area contributed by atoms with Gasteiger partial charge in [-0.3, -0.25) is 0 Å². The van der Waals surface area contributed by atoms with Crippen LogP contribution in [0.1, 0.15) is 329 Å². The van der Waals surface area contributed by atoms with E-state index >= 15 is 0 Å². The Morgan fingerprint density at radius 3 is 0.593 bits per heavy atom. The average Bonchev–Trinajstić information content (AvgIpc) is 3.18. The topological polar surface area (TPSA) is 0 Å². The molecule has 0 rings (SSSR count). The fourth-order valence-electron chi connectivity index (χ4n) is 8.90. The molecule has 0 aliphatic carbocycles. The van der Waals surface area contributed by atoms with Gasteiger partial charge in [0.05, 0.1) is 0 Å². The lowest BCUT2D eigenvalue weighted by Gasteiger charge is -2.17. The molecule has 0 saturated carbocycles. The standard InChI is InChI=1S/C54H108/c1-4-7-10-13-16-19-22-25-27-29-30-32-35-38-41-44-47-50-53-54(51-48-45-42-39-36-33-24-21-18-15-12-9-6-3)52-49-46-43-40-37-34-31-28-26-23-20-17-14-11-8-5-2/h33,36,54H,4-32,34-35,37-53H2,1-3H3. The maximum absolute atomic E-state index is 2.50. The molecule has 0 spiro atoms. The lowest BCUT2D eigenvalue weighted by molar-refractivity contribution is 0.366. The van der Waals surface area contributed by atoms with E-state index in [1.54, 1.807) is 0 Å². The molecule has 0 fully saturated rings. The predicted octanol–water partition coefficient (Wildman–Crippen LogP) is 20.9. The average molecular weight is 757 g/mol. The second-order valence-electron chi connectivity index (χ2n) is 18.4. The molecule has 1 atom stereocenters. The van der Waals surface area contributed by atoms with Crippen LogP contribution in [0.2, 0.25) is 0 Å². The smallest absolute Gasteiger partial charge is 0.0351 e. The SMILES string of the molecule is CCCCCCCCC=CCCCCCC(CCCCCCCCCCCCCCCCCC)CCCCCCCCCCCCCCCCCCCC. The zero-order valence-electron chi connectivity index (χ0n) is 38.7. The summed E-state index contributed by atoms with van der Waals surface area (Å²) in [5, 5.41) is 0. The van der Waals surface area contributed by atoms with Crippen LogP contribution in [-0.4, -0.2) is 0 Å². The minimum Gasteiger partial charge on any atom is -0.0885 e. The fourth-order valence-corrected chi connectivity index (χ4v) is 8.90. The van der Waals surface area contributed by atoms with Crippen molar-refractivity contribution in [2.24, 2.45) is 5.92 Å². The van der Waals surface area contributed by atoms with Gasteiger partial charge in [-0.05, 0) is 31.6 Å². The molecule has 324 valence electrons. The fraction of sp³-hybridized carbons (Fsp3) is 0.963. The van der Waals surface area contributed by atoms with Crippen molar-refractivity contribution >= 4 is 0 Å². The number of allylic oxidation sites excluding steroid dienone is 2. The Labute approximate surface area is 345 Å². The van der Waals surface area contributed by atoms with Crippen molar-refractivity contribution in [3.8, 4) is 0 Å². The highest BCUT2D eigenvalue weighted by Crippen LogP contribution is 2.25. The maximum Gasteiger partial charge on any atom is -0.0351 e. The van der Waals surface area contributed by atoms with Gasteiger partial charge in [0.2, 0.25) is 0 Å². The van der Waals surface area contributed by atoms with Crippen molar-refractivity contribution in [3.63, 3.8) is 0 Å². The predicted molar refractivity (Wildman–Crippen MR) is 251 cm³/mol. The largest absolute Gasteiger partial charge is 0.0885 e. The first kappa shape index (κ1) is 53.7. The summed E-state index contributed by atoms with van der Waals surface area (Å²) < 4.78 is 0. The van der Waals surface area contributed by atoms with E-state index in [4.69, 9.17) is 0 Å². The van der Waals surface area contributed by atoms with Crippen LogP contribution in [0.4, 0.5) is 0 Å². The van der Waals surface area contributed by atoms with Crippen LogP contribution >= 0.6 is 0 Å². The molecule has 0 aliphatic heterocycles. The third-order valence-electron chi connectivity index (χ3n) is 12.8. The van der Waals surface area contributed by atoms with Gasteiger partial charge in [-0.1, -0.05) is 315 Å². The monoisotopic (exact) mass is 757 g/mol. The van der Waals surface area contributed by atoms with Crippen LogP contribution in [0.3, 0.4) is 0 Å². The molecule has 54 heavy (non-hydrogen) atoms. The quantitative estimate of drug-likeness (QED) is 0.0428. The summed E-state index contributed by atoms with van der Waals surface area (Å²) in [5.41, 5.74) is 0. The third kappa shape index (κ3) is 47.9.